The van der Waals surface area contributed by atoms with Crippen molar-refractivity contribution in [3.8, 4) is 5.75 Å². The Morgan fingerprint density at radius 1 is 1.20 bits per heavy atom. The molecule has 1 amide bonds. The first kappa shape index (κ1) is 23.7. The fourth-order valence-corrected chi connectivity index (χ4v) is 5.21. The maximum absolute atomic E-state index is 12.9. The molecule has 0 saturated heterocycles. The third kappa shape index (κ3) is 4.28. The normalized spacial score (nSPS) is 25.3. The van der Waals surface area contributed by atoms with Gasteiger partial charge < -0.3 is 19.7 Å². The van der Waals surface area contributed by atoms with Gasteiger partial charge in [0, 0.05) is 20.6 Å². The molecule has 2 aromatic heterocycles. The molecule has 2 fully saturated rings. The molecule has 1 atom stereocenters. The van der Waals surface area contributed by atoms with Gasteiger partial charge in [-0.05, 0) is 44.9 Å². The summed E-state index contributed by atoms with van der Waals surface area (Å²) in [5.41, 5.74) is 0.828. The van der Waals surface area contributed by atoms with Crippen molar-refractivity contribution in [3.05, 3.63) is 29.7 Å². The molecule has 188 valence electrons. The Balaban J connectivity index is 1.23. The smallest absolute Gasteiger partial charge is 0.451 e. The standard InChI is InChI=1S/C23H27F3N6O3/c1-12-17-19(32(2)18(20(33)31-17)22(34-3)5-4-6-22)30-16(29-12)9-13-7-14(8-13)35-15-10-27-21(28-11-15)23(24,25)26/h10-11,13-14,18H,4-9H2,1-3H3,(H,31,33)/t13?,14?,18-/m1/s1. The quantitative estimate of drug-likeness (QED) is 0.655. The molecular weight excluding hydrogens is 465 g/mol. The minimum atomic E-state index is -4.58. The molecule has 0 aromatic carbocycles. The van der Waals surface area contributed by atoms with E-state index in [0.717, 1.165) is 44.5 Å². The zero-order valence-corrected chi connectivity index (χ0v) is 19.7. The molecule has 12 heteroatoms. The third-order valence-electron chi connectivity index (χ3n) is 7.29. The van der Waals surface area contributed by atoms with Gasteiger partial charge in [-0.1, -0.05) is 0 Å². The zero-order chi connectivity index (χ0) is 25.0. The molecule has 2 aliphatic carbocycles. The summed E-state index contributed by atoms with van der Waals surface area (Å²) in [6.07, 6.45) is 2.16. The van der Waals surface area contributed by atoms with Gasteiger partial charge in [-0.3, -0.25) is 4.79 Å². The molecule has 0 spiro atoms. The van der Waals surface area contributed by atoms with Gasteiger partial charge in [0.2, 0.25) is 11.7 Å². The minimum absolute atomic E-state index is 0.104. The number of carbonyl (C=O) groups is 1. The summed E-state index contributed by atoms with van der Waals surface area (Å²) in [6, 6.07) is -0.455. The molecule has 1 N–H and O–H groups in total. The number of rotatable bonds is 6. The van der Waals surface area contributed by atoms with Crippen LogP contribution < -0.4 is 15.0 Å². The average Bonchev–Trinajstić information content (AvgIpc) is 2.74. The number of nitrogens with one attached hydrogen (secondary N) is 1. The highest BCUT2D eigenvalue weighted by Gasteiger charge is 2.52. The molecule has 5 rings (SSSR count). The van der Waals surface area contributed by atoms with Gasteiger partial charge in [-0.2, -0.15) is 13.2 Å². The number of halogens is 3. The highest BCUT2D eigenvalue weighted by Crippen LogP contribution is 2.44. The number of anilines is 2. The Morgan fingerprint density at radius 3 is 2.46 bits per heavy atom. The lowest BCUT2D eigenvalue weighted by atomic mass is 9.73. The Morgan fingerprint density at radius 2 is 1.89 bits per heavy atom. The van der Waals surface area contributed by atoms with E-state index in [2.05, 4.69) is 20.3 Å². The van der Waals surface area contributed by atoms with Crippen molar-refractivity contribution >= 4 is 17.4 Å². The zero-order valence-electron chi connectivity index (χ0n) is 19.7. The van der Waals surface area contributed by atoms with Crippen LogP contribution in [-0.4, -0.2) is 57.7 Å². The van der Waals surface area contributed by atoms with Crippen molar-refractivity contribution in [2.75, 3.05) is 24.4 Å². The maximum Gasteiger partial charge on any atom is 0.451 e. The van der Waals surface area contributed by atoms with Crippen LogP contribution in [0.4, 0.5) is 24.7 Å². The summed E-state index contributed by atoms with van der Waals surface area (Å²) in [5.74, 6) is 0.581. The molecule has 35 heavy (non-hydrogen) atoms. The lowest BCUT2D eigenvalue weighted by molar-refractivity contribution is -0.145. The first-order valence-electron chi connectivity index (χ1n) is 11.6. The van der Waals surface area contributed by atoms with Crippen LogP contribution >= 0.6 is 0 Å². The number of hydrogen-bond donors (Lipinski definition) is 1. The number of amides is 1. The van der Waals surface area contributed by atoms with Gasteiger partial charge in [0.1, 0.15) is 17.6 Å². The lowest BCUT2D eigenvalue weighted by Crippen LogP contribution is -2.64. The predicted octanol–water partition coefficient (Wildman–Crippen LogP) is 3.32. The summed E-state index contributed by atoms with van der Waals surface area (Å²) in [4.78, 5) is 30.9. The number of nitrogens with zero attached hydrogens (tertiary/aromatic N) is 5. The monoisotopic (exact) mass is 492 g/mol. The second-order valence-corrected chi connectivity index (χ2v) is 9.57. The van der Waals surface area contributed by atoms with Crippen LogP contribution in [0, 0.1) is 12.8 Å². The molecule has 0 bridgehead atoms. The summed E-state index contributed by atoms with van der Waals surface area (Å²) < 4.78 is 49.3. The predicted molar refractivity (Wildman–Crippen MR) is 119 cm³/mol. The van der Waals surface area contributed by atoms with Gasteiger partial charge in [0.15, 0.2) is 11.6 Å². The number of carbonyl (C=O) groups excluding carboxylic acids is 1. The van der Waals surface area contributed by atoms with Crippen LogP contribution in [0.3, 0.4) is 0 Å². The number of fused-ring (bicyclic) bond motifs is 1. The van der Waals surface area contributed by atoms with Crippen LogP contribution in [0.25, 0.3) is 0 Å². The van der Waals surface area contributed by atoms with Crippen LogP contribution in [0.2, 0.25) is 0 Å². The fourth-order valence-electron chi connectivity index (χ4n) is 5.21. The van der Waals surface area contributed by atoms with Crippen LogP contribution in [0.15, 0.2) is 12.4 Å². The van der Waals surface area contributed by atoms with Crippen LogP contribution in [0.5, 0.6) is 5.75 Å². The number of ether oxygens (including phenoxy) is 2. The largest absolute Gasteiger partial charge is 0.487 e. The molecule has 3 heterocycles. The summed E-state index contributed by atoms with van der Waals surface area (Å²) in [7, 11) is 3.52. The Kier molecular flexibility index (Phi) is 5.81. The second kappa shape index (κ2) is 8.58. The molecular formula is C23H27F3N6O3. The molecule has 1 aliphatic heterocycles. The number of alkyl halides is 3. The third-order valence-corrected chi connectivity index (χ3v) is 7.29. The first-order chi connectivity index (χ1) is 16.6. The Labute approximate surface area is 200 Å². The van der Waals surface area contributed by atoms with Crippen molar-refractivity contribution in [2.45, 2.75) is 69.4 Å². The number of hydrogen-bond acceptors (Lipinski definition) is 8. The fraction of sp³-hybridized carbons (Fsp3) is 0.609. The average molecular weight is 493 g/mol. The molecule has 2 aromatic rings. The van der Waals surface area contributed by atoms with E-state index in [9.17, 15) is 18.0 Å². The summed E-state index contributed by atoms with van der Waals surface area (Å²) in [5, 5.41) is 2.99. The van der Waals surface area contributed by atoms with E-state index < -0.39 is 23.6 Å². The van der Waals surface area contributed by atoms with Gasteiger partial charge in [0.25, 0.3) is 0 Å². The number of methoxy groups -OCH3 is 1. The minimum Gasteiger partial charge on any atom is -0.487 e. The SMILES string of the molecule is COC1([C@H]2C(=O)Nc3c(C)nc(CC4CC(Oc5cnc(C(F)(F)F)nc5)C4)nc3N2C)CCC1. The van der Waals surface area contributed by atoms with Crippen molar-refractivity contribution in [3.63, 3.8) is 0 Å². The van der Waals surface area contributed by atoms with Gasteiger partial charge in [-0.25, -0.2) is 19.9 Å². The van der Waals surface area contributed by atoms with Crippen molar-refractivity contribution in [1.29, 1.82) is 0 Å². The number of likely N-dealkylation sites (N-methyl/N-ethyl adjacent to an activating group) is 1. The number of aromatic nitrogens is 4. The molecule has 0 radical (unpaired) electrons. The highest BCUT2D eigenvalue weighted by atomic mass is 19.4. The molecule has 9 nitrogen and oxygen atoms in total. The topological polar surface area (TPSA) is 102 Å². The van der Waals surface area contributed by atoms with E-state index in [1.54, 1.807) is 7.11 Å². The van der Waals surface area contributed by atoms with Crippen LogP contribution in [0.1, 0.15) is 49.4 Å². The van der Waals surface area contributed by atoms with Gasteiger partial charge in [0.05, 0.1) is 29.8 Å². The van der Waals surface area contributed by atoms with Crippen molar-refractivity contribution in [1.82, 2.24) is 19.9 Å². The molecule has 2 saturated carbocycles. The van der Waals surface area contributed by atoms with E-state index >= 15 is 0 Å². The van der Waals surface area contributed by atoms with Gasteiger partial charge in [-0.15, -0.1) is 0 Å². The second-order valence-electron chi connectivity index (χ2n) is 9.57. The van der Waals surface area contributed by atoms with Crippen LogP contribution in [-0.2, 0) is 22.1 Å². The summed E-state index contributed by atoms with van der Waals surface area (Å²) in [6.45, 7) is 1.85. The van der Waals surface area contributed by atoms with E-state index in [0.29, 0.717) is 29.4 Å². The van der Waals surface area contributed by atoms with E-state index in [1.165, 1.54) is 0 Å². The maximum atomic E-state index is 12.9. The van der Waals surface area contributed by atoms with E-state index in [1.807, 2.05) is 18.9 Å². The van der Waals surface area contributed by atoms with Gasteiger partial charge >= 0.3 is 6.18 Å². The first-order valence-corrected chi connectivity index (χ1v) is 11.6. The summed E-state index contributed by atoms with van der Waals surface area (Å²) >= 11 is 0. The van der Waals surface area contributed by atoms with Crippen molar-refractivity contribution in [2.24, 2.45) is 5.92 Å². The molecule has 0 unspecified atom stereocenters. The Hall–Kier alpha value is -3.02. The number of aryl methyl sites for hydroxylation is 1. The van der Waals surface area contributed by atoms with Crippen molar-refractivity contribution < 1.29 is 27.4 Å². The van der Waals surface area contributed by atoms with E-state index in [-0.39, 0.29) is 23.7 Å². The Bertz CT molecular complexity index is 1110. The lowest BCUT2D eigenvalue weighted by Gasteiger charge is -2.50. The highest BCUT2D eigenvalue weighted by molar-refractivity contribution is 6.04. The van der Waals surface area contributed by atoms with E-state index in [4.69, 9.17) is 14.5 Å². The molecule has 3 aliphatic rings.